The lowest BCUT2D eigenvalue weighted by Gasteiger charge is -2.32. The summed E-state index contributed by atoms with van der Waals surface area (Å²) in [5.41, 5.74) is 1.04. The summed E-state index contributed by atoms with van der Waals surface area (Å²) in [6.45, 7) is 4.85. The minimum atomic E-state index is -4.12. The van der Waals surface area contributed by atoms with Crippen LogP contribution in [0, 0.1) is 5.92 Å². The second kappa shape index (κ2) is 11.4. The van der Waals surface area contributed by atoms with Gasteiger partial charge < -0.3 is 20.3 Å². The molecular weight excluding hydrogens is 510 g/mol. The molecule has 1 aromatic heterocycles. The predicted molar refractivity (Wildman–Crippen MR) is 122 cm³/mol. The fourth-order valence-corrected chi connectivity index (χ4v) is 3.96. The summed E-state index contributed by atoms with van der Waals surface area (Å²) < 4.78 is 44.7. The summed E-state index contributed by atoms with van der Waals surface area (Å²) in [6, 6.07) is 3.73. The van der Waals surface area contributed by atoms with Crippen LogP contribution in [-0.2, 0) is 11.3 Å². The topological polar surface area (TPSA) is 61.8 Å². The van der Waals surface area contributed by atoms with E-state index in [4.69, 9.17) is 4.74 Å². The first-order valence-corrected chi connectivity index (χ1v) is 10.2. The highest BCUT2D eigenvalue weighted by Gasteiger charge is 2.42. The van der Waals surface area contributed by atoms with Crippen LogP contribution in [0.1, 0.15) is 38.2 Å². The van der Waals surface area contributed by atoms with Crippen molar-refractivity contribution < 1.29 is 17.9 Å². The number of alkyl halides is 3. The normalized spacial score (nSPS) is 25.4. The van der Waals surface area contributed by atoms with Crippen LogP contribution in [0.25, 0.3) is 0 Å². The molecule has 170 valence electrons. The maximum Gasteiger partial charge on any atom is 0.391 e. The van der Waals surface area contributed by atoms with Crippen molar-refractivity contribution in [2.45, 2.75) is 57.5 Å². The SMILES string of the molecule is CN=C(NCc1ccnc(N2CCOC(C)C2)c1)NC1CCCC(C(F)(F)F)C1.I. The Morgan fingerprint density at radius 1 is 1.37 bits per heavy atom. The lowest BCUT2D eigenvalue weighted by Crippen LogP contribution is -2.46. The molecule has 3 atom stereocenters. The molecule has 1 aromatic rings. The first kappa shape index (κ1) is 25.0. The van der Waals surface area contributed by atoms with Crippen molar-refractivity contribution in [3.63, 3.8) is 0 Å². The molecule has 2 aliphatic rings. The van der Waals surface area contributed by atoms with Crippen LogP contribution in [-0.4, -0.2) is 56.0 Å². The van der Waals surface area contributed by atoms with E-state index in [1.54, 1.807) is 13.2 Å². The molecule has 30 heavy (non-hydrogen) atoms. The van der Waals surface area contributed by atoms with E-state index < -0.39 is 12.1 Å². The van der Waals surface area contributed by atoms with Crippen LogP contribution in [0.5, 0.6) is 0 Å². The zero-order chi connectivity index (χ0) is 20.9. The van der Waals surface area contributed by atoms with Gasteiger partial charge in [0.05, 0.1) is 18.6 Å². The molecule has 0 aromatic carbocycles. The van der Waals surface area contributed by atoms with Gasteiger partial charge in [0.15, 0.2) is 5.96 Å². The number of ether oxygens (including phenoxy) is 1. The summed E-state index contributed by atoms with van der Waals surface area (Å²) in [5.74, 6) is 0.199. The highest BCUT2D eigenvalue weighted by Crippen LogP contribution is 2.37. The molecule has 0 amide bonds. The van der Waals surface area contributed by atoms with Gasteiger partial charge in [0.25, 0.3) is 0 Å². The van der Waals surface area contributed by atoms with E-state index in [1.165, 1.54) is 0 Å². The largest absolute Gasteiger partial charge is 0.391 e. The molecule has 0 bridgehead atoms. The molecule has 0 radical (unpaired) electrons. The van der Waals surface area contributed by atoms with Gasteiger partial charge in [-0.3, -0.25) is 4.99 Å². The summed E-state index contributed by atoms with van der Waals surface area (Å²) in [5, 5.41) is 6.37. The van der Waals surface area contributed by atoms with E-state index in [-0.39, 0.29) is 49.0 Å². The van der Waals surface area contributed by atoms with Crippen LogP contribution < -0.4 is 15.5 Å². The van der Waals surface area contributed by atoms with Crippen LogP contribution in [0.2, 0.25) is 0 Å². The third kappa shape index (κ3) is 7.14. The average molecular weight is 541 g/mol. The second-order valence-electron chi connectivity index (χ2n) is 7.82. The third-order valence-corrected chi connectivity index (χ3v) is 5.54. The number of pyridine rings is 1. The van der Waals surface area contributed by atoms with E-state index in [1.807, 2.05) is 19.1 Å². The summed E-state index contributed by atoms with van der Waals surface area (Å²) >= 11 is 0. The van der Waals surface area contributed by atoms with Gasteiger partial charge in [0, 0.05) is 38.9 Å². The minimum absolute atomic E-state index is 0. The molecule has 3 rings (SSSR count). The molecule has 10 heteroatoms. The monoisotopic (exact) mass is 541 g/mol. The van der Waals surface area contributed by atoms with Crippen LogP contribution >= 0.6 is 24.0 Å². The number of morpholine rings is 1. The Bertz CT molecular complexity index is 703. The Balaban J connectivity index is 0.00000320. The lowest BCUT2D eigenvalue weighted by molar-refractivity contribution is -0.183. The molecule has 3 unspecified atom stereocenters. The molecule has 0 spiro atoms. The van der Waals surface area contributed by atoms with Crippen molar-refractivity contribution in [2.75, 3.05) is 31.6 Å². The Hall–Kier alpha value is -1.30. The molecule has 2 fully saturated rings. The molecule has 1 saturated heterocycles. The fraction of sp³-hybridized carbons (Fsp3) is 0.700. The molecule has 2 N–H and O–H groups in total. The van der Waals surface area contributed by atoms with E-state index in [2.05, 4.69) is 25.5 Å². The molecule has 2 heterocycles. The Morgan fingerprint density at radius 2 is 2.17 bits per heavy atom. The Kier molecular flexibility index (Phi) is 9.45. The van der Waals surface area contributed by atoms with Crippen LogP contribution in [0.15, 0.2) is 23.3 Å². The number of anilines is 1. The number of halogens is 4. The molecule has 6 nitrogen and oxygen atoms in total. The van der Waals surface area contributed by atoms with Gasteiger partial charge in [-0.15, -0.1) is 24.0 Å². The second-order valence-corrected chi connectivity index (χ2v) is 7.82. The fourth-order valence-electron chi connectivity index (χ4n) is 3.96. The Labute approximate surface area is 193 Å². The van der Waals surface area contributed by atoms with Crippen molar-refractivity contribution in [1.82, 2.24) is 15.6 Å². The minimum Gasteiger partial charge on any atom is -0.375 e. The highest BCUT2D eigenvalue weighted by atomic mass is 127. The van der Waals surface area contributed by atoms with Gasteiger partial charge in [-0.05, 0) is 43.9 Å². The van der Waals surface area contributed by atoms with Gasteiger partial charge in [0.1, 0.15) is 5.82 Å². The molecule has 1 aliphatic heterocycles. The summed E-state index contributed by atoms with van der Waals surface area (Å²) in [4.78, 5) is 10.8. The molecule has 1 aliphatic carbocycles. The lowest BCUT2D eigenvalue weighted by atomic mass is 9.85. The summed E-state index contributed by atoms with van der Waals surface area (Å²) in [6.07, 6.45) is -0.565. The zero-order valence-electron chi connectivity index (χ0n) is 17.4. The molecular formula is C20H31F3IN5O. The number of hydrogen-bond donors (Lipinski definition) is 2. The van der Waals surface area contributed by atoms with Crippen molar-refractivity contribution >= 4 is 35.8 Å². The quantitative estimate of drug-likeness (QED) is 0.346. The van der Waals surface area contributed by atoms with Gasteiger partial charge in [0.2, 0.25) is 0 Å². The average Bonchev–Trinajstić information content (AvgIpc) is 2.71. The number of hydrogen-bond acceptors (Lipinski definition) is 4. The number of guanidine groups is 1. The highest BCUT2D eigenvalue weighted by molar-refractivity contribution is 14.0. The van der Waals surface area contributed by atoms with Crippen molar-refractivity contribution in [2.24, 2.45) is 10.9 Å². The maximum absolute atomic E-state index is 13.0. The van der Waals surface area contributed by atoms with E-state index in [9.17, 15) is 13.2 Å². The number of nitrogens with one attached hydrogen (secondary N) is 2. The third-order valence-electron chi connectivity index (χ3n) is 5.54. The summed E-state index contributed by atoms with van der Waals surface area (Å²) in [7, 11) is 1.63. The van der Waals surface area contributed by atoms with Crippen molar-refractivity contribution in [1.29, 1.82) is 0 Å². The van der Waals surface area contributed by atoms with Gasteiger partial charge in [-0.25, -0.2) is 4.98 Å². The van der Waals surface area contributed by atoms with Gasteiger partial charge >= 0.3 is 6.18 Å². The van der Waals surface area contributed by atoms with E-state index >= 15 is 0 Å². The maximum atomic E-state index is 13.0. The first-order valence-electron chi connectivity index (χ1n) is 10.2. The van der Waals surface area contributed by atoms with Crippen molar-refractivity contribution in [3.05, 3.63) is 23.9 Å². The number of nitrogens with zero attached hydrogens (tertiary/aromatic N) is 3. The van der Waals surface area contributed by atoms with E-state index in [0.717, 1.165) is 30.9 Å². The number of aromatic nitrogens is 1. The van der Waals surface area contributed by atoms with Gasteiger partial charge in [-0.2, -0.15) is 13.2 Å². The Morgan fingerprint density at radius 3 is 2.87 bits per heavy atom. The number of rotatable bonds is 4. The predicted octanol–water partition coefficient (Wildman–Crippen LogP) is 3.71. The zero-order valence-corrected chi connectivity index (χ0v) is 19.7. The van der Waals surface area contributed by atoms with Crippen molar-refractivity contribution in [3.8, 4) is 0 Å². The van der Waals surface area contributed by atoms with E-state index in [0.29, 0.717) is 25.5 Å². The number of aliphatic imine (C=N–C) groups is 1. The van der Waals surface area contributed by atoms with Crippen LogP contribution in [0.3, 0.4) is 0 Å². The molecule has 1 saturated carbocycles. The standard InChI is InChI=1S/C20H30F3N5O.HI/c1-14-13-28(8-9-29-14)18-10-15(6-7-25-18)12-26-19(24-2)27-17-5-3-4-16(11-17)20(21,22)23;/h6-7,10,14,16-17H,3-5,8-9,11-13H2,1-2H3,(H2,24,26,27);1H. The smallest absolute Gasteiger partial charge is 0.375 e. The van der Waals surface area contributed by atoms with Gasteiger partial charge in [-0.1, -0.05) is 6.42 Å². The van der Waals surface area contributed by atoms with Crippen LogP contribution in [0.4, 0.5) is 19.0 Å². The first-order chi connectivity index (χ1) is 13.8.